The molecule has 1 N–H and O–H groups in total. The van der Waals surface area contributed by atoms with Gasteiger partial charge in [0, 0.05) is 23.5 Å². The summed E-state index contributed by atoms with van der Waals surface area (Å²) >= 11 is 0. The molecule has 0 atom stereocenters. The fourth-order valence-corrected chi connectivity index (χ4v) is 3.57. The summed E-state index contributed by atoms with van der Waals surface area (Å²) < 4.78 is 1.80. The van der Waals surface area contributed by atoms with E-state index in [9.17, 15) is 4.79 Å². The fourth-order valence-electron chi connectivity index (χ4n) is 3.57. The quantitative estimate of drug-likeness (QED) is 0.735. The van der Waals surface area contributed by atoms with Crippen LogP contribution in [-0.2, 0) is 6.54 Å². The topological polar surface area (TPSA) is 63.1 Å². The third-order valence-corrected chi connectivity index (χ3v) is 5.16. The van der Waals surface area contributed by atoms with Crippen molar-refractivity contribution in [2.75, 3.05) is 18.4 Å². The van der Waals surface area contributed by atoms with Crippen molar-refractivity contribution in [2.45, 2.75) is 32.2 Å². The lowest BCUT2D eigenvalue weighted by Crippen LogP contribution is -2.23. The van der Waals surface area contributed by atoms with Gasteiger partial charge in [-0.2, -0.15) is 0 Å². The molecule has 0 saturated carbocycles. The zero-order valence-electron chi connectivity index (χ0n) is 15.9. The minimum Gasteiger partial charge on any atom is -0.322 e. The highest BCUT2D eigenvalue weighted by molar-refractivity contribution is 6.04. The van der Waals surface area contributed by atoms with Gasteiger partial charge in [-0.1, -0.05) is 25.0 Å². The average molecular weight is 375 g/mol. The number of hydrogen-bond donors (Lipinski definition) is 1. The van der Waals surface area contributed by atoms with Gasteiger partial charge in [0.2, 0.25) is 0 Å². The maximum Gasteiger partial charge on any atom is 0.255 e. The standard InChI is InChI=1S/C22H25N5O/c28-22(19-7-11-21(12-8-19)27-16-23-24-17-27)25-20-9-5-18(6-10-20)15-26-13-3-1-2-4-14-26/h5-12,16-17H,1-4,13-15H2,(H,25,28). The second-order valence-electron chi connectivity index (χ2n) is 7.26. The highest BCUT2D eigenvalue weighted by Crippen LogP contribution is 2.16. The molecule has 1 amide bonds. The Bertz CT molecular complexity index is 880. The van der Waals surface area contributed by atoms with E-state index in [1.54, 1.807) is 29.4 Å². The number of aromatic nitrogens is 3. The van der Waals surface area contributed by atoms with Gasteiger partial charge in [0.05, 0.1) is 0 Å². The Labute approximate surface area is 165 Å². The molecule has 1 aliphatic heterocycles. The van der Waals surface area contributed by atoms with Crippen molar-refractivity contribution in [1.82, 2.24) is 19.7 Å². The highest BCUT2D eigenvalue weighted by Gasteiger charge is 2.10. The van der Waals surface area contributed by atoms with Crippen molar-refractivity contribution in [3.05, 3.63) is 72.3 Å². The van der Waals surface area contributed by atoms with Crippen LogP contribution >= 0.6 is 0 Å². The summed E-state index contributed by atoms with van der Waals surface area (Å²) in [7, 11) is 0. The number of hydrogen-bond acceptors (Lipinski definition) is 4. The number of benzene rings is 2. The smallest absolute Gasteiger partial charge is 0.255 e. The fraction of sp³-hybridized carbons (Fsp3) is 0.318. The van der Waals surface area contributed by atoms with Gasteiger partial charge >= 0.3 is 0 Å². The van der Waals surface area contributed by atoms with Gasteiger partial charge in [-0.15, -0.1) is 10.2 Å². The van der Waals surface area contributed by atoms with Crippen LogP contribution in [0.25, 0.3) is 5.69 Å². The summed E-state index contributed by atoms with van der Waals surface area (Å²) in [6.07, 6.45) is 8.54. The summed E-state index contributed by atoms with van der Waals surface area (Å²) in [4.78, 5) is 15.0. The van der Waals surface area contributed by atoms with E-state index in [0.29, 0.717) is 5.56 Å². The monoisotopic (exact) mass is 375 g/mol. The predicted molar refractivity (Wildman–Crippen MR) is 109 cm³/mol. The Morgan fingerprint density at radius 1 is 0.857 bits per heavy atom. The normalized spacial score (nSPS) is 15.1. The molecular weight excluding hydrogens is 350 g/mol. The molecule has 0 radical (unpaired) electrons. The summed E-state index contributed by atoms with van der Waals surface area (Å²) in [5, 5.41) is 10.6. The van der Waals surface area contributed by atoms with E-state index < -0.39 is 0 Å². The molecule has 4 rings (SSSR count). The Morgan fingerprint density at radius 2 is 1.50 bits per heavy atom. The number of amides is 1. The van der Waals surface area contributed by atoms with Crippen LogP contribution in [0.2, 0.25) is 0 Å². The molecule has 3 aromatic rings. The van der Waals surface area contributed by atoms with E-state index in [-0.39, 0.29) is 5.91 Å². The second kappa shape index (κ2) is 8.80. The maximum absolute atomic E-state index is 12.5. The Balaban J connectivity index is 1.35. The SMILES string of the molecule is O=C(Nc1ccc(CN2CCCCCC2)cc1)c1ccc(-n2cnnc2)cc1. The van der Waals surface area contributed by atoms with Gasteiger partial charge in [-0.25, -0.2) is 0 Å². The molecule has 0 bridgehead atoms. The lowest BCUT2D eigenvalue weighted by Gasteiger charge is -2.19. The van der Waals surface area contributed by atoms with Crippen LogP contribution in [0, 0.1) is 0 Å². The molecule has 144 valence electrons. The first-order valence-electron chi connectivity index (χ1n) is 9.86. The number of carbonyl (C=O) groups excluding carboxylic acids is 1. The zero-order chi connectivity index (χ0) is 19.2. The van der Waals surface area contributed by atoms with E-state index in [0.717, 1.165) is 17.9 Å². The van der Waals surface area contributed by atoms with Crippen LogP contribution in [0.4, 0.5) is 5.69 Å². The van der Waals surface area contributed by atoms with Crippen LogP contribution < -0.4 is 5.32 Å². The maximum atomic E-state index is 12.5. The Morgan fingerprint density at radius 3 is 2.14 bits per heavy atom. The Kier molecular flexibility index (Phi) is 5.77. The minimum absolute atomic E-state index is 0.115. The van der Waals surface area contributed by atoms with Crippen molar-refractivity contribution in [3.8, 4) is 5.69 Å². The van der Waals surface area contributed by atoms with Crippen molar-refractivity contribution >= 4 is 11.6 Å². The molecule has 1 saturated heterocycles. The van der Waals surface area contributed by atoms with Crippen LogP contribution in [0.3, 0.4) is 0 Å². The molecule has 0 unspecified atom stereocenters. The highest BCUT2D eigenvalue weighted by atomic mass is 16.1. The van der Waals surface area contributed by atoms with Crippen molar-refractivity contribution in [3.63, 3.8) is 0 Å². The summed E-state index contributed by atoms with van der Waals surface area (Å²) in [5.74, 6) is -0.115. The molecule has 2 heterocycles. The van der Waals surface area contributed by atoms with Crippen molar-refractivity contribution in [2.24, 2.45) is 0 Å². The van der Waals surface area contributed by atoms with E-state index in [4.69, 9.17) is 0 Å². The van der Waals surface area contributed by atoms with E-state index in [2.05, 4.69) is 32.5 Å². The van der Waals surface area contributed by atoms with Crippen molar-refractivity contribution < 1.29 is 4.79 Å². The summed E-state index contributed by atoms with van der Waals surface area (Å²) in [5.41, 5.74) is 3.63. The van der Waals surface area contributed by atoms with Crippen LogP contribution in [-0.4, -0.2) is 38.7 Å². The van der Waals surface area contributed by atoms with Crippen molar-refractivity contribution in [1.29, 1.82) is 0 Å². The van der Waals surface area contributed by atoms with Gasteiger partial charge in [-0.3, -0.25) is 14.3 Å². The number of nitrogens with zero attached hydrogens (tertiary/aromatic N) is 4. The van der Waals surface area contributed by atoms with Gasteiger partial charge in [0.1, 0.15) is 12.7 Å². The molecule has 1 aromatic heterocycles. The number of anilines is 1. The first kappa shape index (κ1) is 18.4. The predicted octanol–water partition coefficient (Wildman–Crippen LogP) is 3.90. The minimum atomic E-state index is -0.115. The van der Waals surface area contributed by atoms with Crippen LogP contribution in [0.1, 0.15) is 41.6 Å². The molecule has 0 aliphatic carbocycles. The first-order valence-corrected chi connectivity index (χ1v) is 9.86. The van der Waals surface area contributed by atoms with E-state index in [1.165, 1.54) is 44.3 Å². The summed E-state index contributed by atoms with van der Waals surface area (Å²) in [6, 6.07) is 15.5. The number of rotatable bonds is 5. The average Bonchev–Trinajstić information content (AvgIpc) is 3.15. The van der Waals surface area contributed by atoms with E-state index in [1.807, 2.05) is 24.3 Å². The van der Waals surface area contributed by atoms with Crippen LogP contribution in [0.15, 0.2) is 61.2 Å². The number of carbonyl (C=O) groups is 1. The van der Waals surface area contributed by atoms with Gasteiger partial charge < -0.3 is 5.32 Å². The molecule has 1 fully saturated rings. The molecule has 28 heavy (non-hydrogen) atoms. The molecule has 1 aliphatic rings. The molecule has 2 aromatic carbocycles. The van der Waals surface area contributed by atoms with Gasteiger partial charge in [0.15, 0.2) is 0 Å². The third-order valence-electron chi connectivity index (χ3n) is 5.16. The van der Waals surface area contributed by atoms with Gasteiger partial charge in [0.25, 0.3) is 5.91 Å². The molecule has 6 heteroatoms. The third kappa shape index (κ3) is 4.64. The van der Waals surface area contributed by atoms with E-state index >= 15 is 0 Å². The second-order valence-corrected chi connectivity index (χ2v) is 7.26. The number of nitrogens with one attached hydrogen (secondary N) is 1. The largest absolute Gasteiger partial charge is 0.322 e. The molecule has 6 nitrogen and oxygen atoms in total. The van der Waals surface area contributed by atoms with Gasteiger partial charge in [-0.05, 0) is 67.9 Å². The first-order chi connectivity index (χ1) is 13.8. The number of likely N-dealkylation sites (tertiary alicyclic amines) is 1. The molecular formula is C22H25N5O. The molecule has 0 spiro atoms. The Hall–Kier alpha value is -2.99. The summed E-state index contributed by atoms with van der Waals surface area (Å²) in [6.45, 7) is 3.35. The van der Waals surface area contributed by atoms with Crippen LogP contribution in [0.5, 0.6) is 0 Å². The zero-order valence-corrected chi connectivity index (χ0v) is 15.9. The lowest BCUT2D eigenvalue weighted by molar-refractivity contribution is 0.102. The lowest BCUT2D eigenvalue weighted by atomic mass is 10.1.